The molecule has 0 spiro atoms. The molecule has 0 saturated carbocycles. The molecular weight excluding hydrogens is 236 g/mol. The van der Waals surface area contributed by atoms with Gasteiger partial charge in [-0.3, -0.25) is 10.2 Å². The molecule has 2 N–H and O–H groups in total. The highest BCUT2D eigenvalue weighted by atomic mass is 32.1. The fourth-order valence-corrected chi connectivity index (χ4v) is 2.50. The van der Waals surface area contributed by atoms with Crippen molar-refractivity contribution in [1.29, 1.82) is 0 Å². The van der Waals surface area contributed by atoms with E-state index in [-0.39, 0.29) is 6.03 Å². The van der Waals surface area contributed by atoms with Gasteiger partial charge in [-0.15, -0.1) is 11.3 Å². The number of rotatable bonds is 4. The van der Waals surface area contributed by atoms with Crippen LogP contribution in [0.1, 0.15) is 19.8 Å². The zero-order valence-electron chi connectivity index (χ0n) is 9.98. The summed E-state index contributed by atoms with van der Waals surface area (Å²) in [6.07, 6.45) is 4.22. The monoisotopic (exact) mass is 254 g/mol. The molecule has 0 aliphatic carbocycles. The average molecular weight is 254 g/mol. The van der Waals surface area contributed by atoms with Gasteiger partial charge < -0.3 is 5.32 Å². The van der Waals surface area contributed by atoms with Crippen molar-refractivity contribution in [2.24, 2.45) is 0 Å². The van der Waals surface area contributed by atoms with E-state index in [1.807, 2.05) is 5.38 Å². The zero-order chi connectivity index (χ0) is 12.1. The second-order valence-electron chi connectivity index (χ2n) is 4.26. The van der Waals surface area contributed by atoms with Crippen LogP contribution in [0.3, 0.4) is 0 Å². The van der Waals surface area contributed by atoms with Crippen LogP contribution in [0.25, 0.3) is 0 Å². The highest BCUT2D eigenvalue weighted by Gasteiger charge is 2.18. The summed E-state index contributed by atoms with van der Waals surface area (Å²) in [6, 6.07) is 0.227. The van der Waals surface area contributed by atoms with Crippen molar-refractivity contribution < 1.29 is 4.79 Å². The van der Waals surface area contributed by atoms with Crippen LogP contribution in [0.4, 0.5) is 9.93 Å². The quantitative estimate of drug-likeness (QED) is 0.860. The highest BCUT2D eigenvalue weighted by Crippen LogP contribution is 2.11. The smallest absolute Gasteiger partial charge is 0.321 e. The molecule has 94 valence electrons. The van der Waals surface area contributed by atoms with Crippen molar-refractivity contribution >= 4 is 22.5 Å². The maximum absolute atomic E-state index is 11.6. The molecule has 0 aromatic carbocycles. The lowest BCUT2D eigenvalue weighted by Gasteiger charge is -2.23. The third-order valence-electron chi connectivity index (χ3n) is 2.97. The summed E-state index contributed by atoms with van der Waals surface area (Å²) < 4.78 is 0. The highest BCUT2D eigenvalue weighted by molar-refractivity contribution is 7.13. The Bertz CT molecular complexity index is 348. The van der Waals surface area contributed by atoms with Crippen molar-refractivity contribution in [2.75, 3.05) is 25.0 Å². The molecule has 2 rings (SSSR count). The summed E-state index contributed by atoms with van der Waals surface area (Å²) >= 11 is 1.42. The Kier molecular flexibility index (Phi) is 4.33. The van der Waals surface area contributed by atoms with Gasteiger partial charge in [-0.25, -0.2) is 9.78 Å². The summed E-state index contributed by atoms with van der Waals surface area (Å²) in [5.74, 6) is 0. The van der Waals surface area contributed by atoms with Crippen molar-refractivity contribution in [2.45, 2.75) is 25.8 Å². The van der Waals surface area contributed by atoms with Gasteiger partial charge in [0.2, 0.25) is 0 Å². The van der Waals surface area contributed by atoms with Crippen LogP contribution in [0.5, 0.6) is 0 Å². The number of carbonyl (C=O) groups excluding carboxylic acids is 1. The zero-order valence-corrected chi connectivity index (χ0v) is 10.8. The minimum atomic E-state index is -0.175. The summed E-state index contributed by atoms with van der Waals surface area (Å²) in [6.45, 7) is 5.13. The number of hydrogen-bond acceptors (Lipinski definition) is 4. The van der Waals surface area contributed by atoms with E-state index in [4.69, 9.17) is 0 Å². The Hall–Kier alpha value is -1.14. The van der Waals surface area contributed by atoms with Crippen molar-refractivity contribution in [1.82, 2.24) is 15.2 Å². The lowest BCUT2D eigenvalue weighted by molar-refractivity contribution is 0.234. The predicted molar refractivity (Wildman–Crippen MR) is 69.4 cm³/mol. The number of likely N-dealkylation sites (tertiary alicyclic amines) is 1. The first-order valence-corrected chi connectivity index (χ1v) is 6.82. The van der Waals surface area contributed by atoms with E-state index < -0.39 is 0 Å². The van der Waals surface area contributed by atoms with E-state index in [1.165, 1.54) is 24.2 Å². The standard InChI is InChI=1S/C11H18N4OS/c1-9(15-5-2-3-6-15)8-13-10(16)14-11-12-4-7-17-11/h4,7,9H,2-3,5-6,8H2,1H3,(H2,12,13,14,16). The Morgan fingerprint density at radius 1 is 1.59 bits per heavy atom. The fraction of sp³-hybridized carbons (Fsp3) is 0.636. The fourth-order valence-electron chi connectivity index (χ4n) is 1.98. The van der Waals surface area contributed by atoms with E-state index in [0.717, 1.165) is 13.1 Å². The molecule has 1 saturated heterocycles. The number of nitrogens with zero attached hydrogens (tertiary/aromatic N) is 2. The molecule has 1 fully saturated rings. The molecule has 1 unspecified atom stereocenters. The van der Waals surface area contributed by atoms with Crippen LogP contribution in [0, 0.1) is 0 Å². The molecule has 0 bridgehead atoms. The SMILES string of the molecule is CC(CNC(=O)Nc1nccs1)N1CCCC1. The number of hydrogen-bond donors (Lipinski definition) is 2. The lowest BCUT2D eigenvalue weighted by Crippen LogP contribution is -2.42. The van der Waals surface area contributed by atoms with Gasteiger partial charge in [0.15, 0.2) is 5.13 Å². The Balaban J connectivity index is 1.68. The number of urea groups is 1. The summed E-state index contributed by atoms with van der Waals surface area (Å²) in [5, 5.41) is 8.05. The molecule has 6 heteroatoms. The number of thiazole rings is 1. The van der Waals surface area contributed by atoms with Crippen molar-refractivity contribution in [3.63, 3.8) is 0 Å². The first-order valence-electron chi connectivity index (χ1n) is 5.94. The van der Waals surface area contributed by atoms with E-state index in [1.54, 1.807) is 6.20 Å². The maximum Gasteiger partial charge on any atom is 0.321 e. The second-order valence-corrected chi connectivity index (χ2v) is 5.16. The Morgan fingerprint density at radius 3 is 3.00 bits per heavy atom. The number of nitrogens with one attached hydrogen (secondary N) is 2. The topological polar surface area (TPSA) is 57.3 Å². The van der Waals surface area contributed by atoms with Gasteiger partial charge in [0.05, 0.1) is 0 Å². The molecule has 2 heterocycles. The first-order chi connectivity index (χ1) is 8.25. The van der Waals surface area contributed by atoms with Crippen LogP contribution in [-0.4, -0.2) is 41.6 Å². The van der Waals surface area contributed by atoms with Crippen molar-refractivity contribution in [3.05, 3.63) is 11.6 Å². The number of carbonyl (C=O) groups is 1. The predicted octanol–water partition coefficient (Wildman–Crippen LogP) is 1.75. The molecule has 1 aliphatic rings. The normalized spacial score (nSPS) is 17.9. The third-order valence-corrected chi connectivity index (χ3v) is 3.66. The van der Waals surface area contributed by atoms with Gasteiger partial charge in [0, 0.05) is 24.2 Å². The number of amides is 2. The molecule has 2 amide bonds. The molecular formula is C11H18N4OS. The van der Waals surface area contributed by atoms with Gasteiger partial charge in [-0.05, 0) is 32.9 Å². The molecule has 17 heavy (non-hydrogen) atoms. The van der Waals surface area contributed by atoms with Crippen LogP contribution in [0.15, 0.2) is 11.6 Å². The minimum Gasteiger partial charge on any atom is -0.336 e. The third kappa shape index (κ3) is 3.67. The van der Waals surface area contributed by atoms with Gasteiger partial charge in [-0.2, -0.15) is 0 Å². The van der Waals surface area contributed by atoms with Gasteiger partial charge in [-0.1, -0.05) is 0 Å². The minimum absolute atomic E-state index is 0.175. The van der Waals surface area contributed by atoms with Crippen molar-refractivity contribution in [3.8, 4) is 0 Å². The summed E-state index contributed by atoms with van der Waals surface area (Å²) in [4.78, 5) is 18.0. The van der Waals surface area contributed by atoms with Crippen LogP contribution < -0.4 is 10.6 Å². The molecule has 1 aromatic heterocycles. The molecule has 0 radical (unpaired) electrons. The Morgan fingerprint density at radius 2 is 2.35 bits per heavy atom. The molecule has 1 aliphatic heterocycles. The summed E-state index contributed by atoms with van der Waals surface area (Å²) in [5.41, 5.74) is 0. The average Bonchev–Trinajstić information content (AvgIpc) is 2.97. The number of anilines is 1. The second kappa shape index (κ2) is 5.97. The largest absolute Gasteiger partial charge is 0.336 e. The molecule has 1 atom stereocenters. The van der Waals surface area contributed by atoms with Gasteiger partial charge in [0.1, 0.15) is 0 Å². The summed E-state index contributed by atoms with van der Waals surface area (Å²) in [7, 11) is 0. The van der Waals surface area contributed by atoms with Gasteiger partial charge >= 0.3 is 6.03 Å². The Labute approximate surface area is 105 Å². The van der Waals surface area contributed by atoms with E-state index in [2.05, 4.69) is 27.4 Å². The van der Waals surface area contributed by atoms with E-state index in [9.17, 15) is 4.79 Å². The van der Waals surface area contributed by atoms with Gasteiger partial charge in [0.25, 0.3) is 0 Å². The van der Waals surface area contributed by atoms with Crippen LogP contribution >= 0.6 is 11.3 Å². The number of aromatic nitrogens is 1. The van der Waals surface area contributed by atoms with E-state index >= 15 is 0 Å². The van der Waals surface area contributed by atoms with Crippen LogP contribution in [-0.2, 0) is 0 Å². The van der Waals surface area contributed by atoms with E-state index in [0.29, 0.717) is 17.7 Å². The van der Waals surface area contributed by atoms with Crippen LogP contribution in [0.2, 0.25) is 0 Å². The maximum atomic E-state index is 11.6. The molecule has 1 aromatic rings. The first kappa shape index (κ1) is 12.3. The lowest BCUT2D eigenvalue weighted by atomic mass is 10.3. The molecule has 5 nitrogen and oxygen atoms in total.